The van der Waals surface area contributed by atoms with E-state index in [1.54, 1.807) is 11.8 Å². The van der Waals surface area contributed by atoms with Crippen molar-refractivity contribution in [3.05, 3.63) is 28.5 Å². The Labute approximate surface area is 118 Å². The fourth-order valence-electron chi connectivity index (χ4n) is 1.40. The van der Waals surface area contributed by atoms with Crippen molar-refractivity contribution in [3.63, 3.8) is 0 Å². The third kappa shape index (κ3) is 3.26. The monoisotopic (exact) mass is 327 g/mol. The number of aromatic nitrogens is 2. The third-order valence-electron chi connectivity index (χ3n) is 2.30. The third-order valence-corrected chi connectivity index (χ3v) is 4.14. The smallest absolute Gasteiger partial charge is 0.257 e. The van der Waals surface area contributed by atoms with Gasteiger partial charge in [-0.15, -0.1) is 0 Å². The minimum Gasteiger partial charge on any atom is -0.398 e. The Bertz CT molecular complexity index is 530. The van der Waals surface area contributed by atoms with Gasteiger partial charge in [0.25, 0.3) is 5.89 Å². The molecule has 0 spiro atoms. The van der Waals surface area contributed by atoms with Crippen LogP contribution in [0, 0.1) is 0 Å². The number of hydrogen-bond donors (Lipinski definition) is 1. The molecule has 0 saturated carbocycles. The summed E-state index contributed by atoms with van der Waals surface area (Å²) in [5.41, 5.74) is 7.30. The molecule has 6 heteroatoms. The van der Waals surface area contributed by atoms with Gasteiger partial charge in [-0.05, 0) is 46.3 Å². The molecule has 1 heterocycles. The zero-order valence-electron chi connectivity index (χ0n) is 10.0. The molecule has 0 radical (unpaired) electrons. The summed E-state index contributed by atoms with van der Waals surface area (Å²) in [6.07, 6.45) is 1.15. The van der Waals surface area contributed by atoms with Crippen LogP contribution < -0.4 is 5.73 Å². The summed E-state index contributed by atoms with van der Waals surface area (Å²) in [6.45, 7) is 2.15. The molecule has 0 atom stereocenters. The molecule has 0 amide bonds. The first-order valence-corrected chi connectivity index (χ1v) is 7.61. The van der Waals surface area contributed by atoms with E-state index in [0.717, 1.165) is 33.8 Å². The summed E-state index contributed by atoms with van der Waals surface area (Å²) in [4.78, 5) is 4.36. The van der Waals surface area contributed by atoms with Crippen LogP contribution in [-0.2, 0) is 5.75 Å². The Morgan fingerprint density at radius 2 is 2.28 bits per heavy atom. The van der Waals surface area contributed by atoms with Crippen LogP contribution in [0.25, 0.3) is 11.5 Å². The highest BCUT2D eigenvalue weighted by molar-refractivity contribution is 9.10. The molecule has 96 valence electrons. The van der Waals surface area contributed by atoms with Crippen molar-refractivity contribution < 1.29 is 4.52 Å². The maximum Gasteiger partial charge on any atom is 0.257 e. The van der Waals surface area contributed by atoms with Crippen LogP contribution >= 0.6 is 27.7 Å². The van der Waals surface area contributed by atoms with E-state index >= 15 is 0 Å². The Morgan fingerprint density at radius 3 is 3.00 bits per heavy atom. The predicted octanol–water partition coefficient (Wildman–Crippen LogP) is 3.72. The Hall–Kier alpha value is -1.01. The van der Waals surface area contributed by atoms with Crippen LogP contribution in [0.15, 0.2) is 27.2 Å². The van der Waals surface area contributed by atoms with E-state index < -0.39 is 0 Å². The fourth-order valence-corrected chi connectivity index (χ4v) is 2.51. The second-order valence-electron chi connectivity index (χ2n) is 3.80. The van der Waals surface area contributed by atoms with Gasteiger partial charge in [-0.2, -0.15) is 16.7 Å². The lowest BCUT2D eigenvalue weighted by molar-refractivity contribution is 0.425. The fraction of sp³-hybridized carbons (Fsp3) is 0.333. The summed E-state index contributed by atoms with van der Waals surface area (Å²) in [5, 5.41) is 3.96. The van der Waals surface area contributed by atoms with Gasteiger partial charge in [0.2, 0.25) is 0 Å². The molecule has 1 aromatic heterocycles. The Morgan fingerprint density at radius 1 is 1.44 bits per heavy atom. The molecule has 0 unspecified atom stereocenters. The average molecular weight is 328 g/mol. The van der Waals surface area contributed by atoms with Gasteiger partial charge in [0.05, 0.1) is 5.75 Å². The normalized spacial score (nSPS) is 10.8. The largest absolute Gasteiger partial charge is 0.398 e. The second-order valence-corrected chi connectivity index (χ2v) is 5.76. The molecule has 0 aliphatic carbocycles. The number of nitrogens with two attached hydrogens (primary N) is 1. The number of rotatable bonds is 5. The molecule has 0 bridgehead atoms. The second kappa shape index (κ2) is 6.24. The first-order chi connectivity index (χ1) is 8.70. The highest BCUT2D eigenvalue weighted by Gasteiger charge is 2.09. The van der Waals surface area contributed by atoms with E-state index in [0.29, 0.717) is 11.6 Å². The minimum atomic E-state index is 0.530. The van der Waals surface area contributed by atoms with Crippen molar-refractivity contribution in [1.82, 2.24) is 10.1 Å². The van der Waals surface area contributed by atoms with Gasteiger partial charge < -0.3 is 10.3 Å². The van der Waals surface area contributed by atoms with Crippen LogP contribution in [-0.4, -0.2) is 15.9 Å². The highest BCUT2D eigenvalue weighted by Crippen LogP contribution is 2.26. The summed E-state index contributed by atoms with van der Waals surface area (Å²) in [6, 6.07) is 5.57. The van der Waals surface area contributed by atoms with Crippen molar-refractivity contribution in [2.24, 2.45) is 0 Å². The van der Waals surface area contributed by atoms with Crippen molar-refractivity contribution in [3.8, 4) is 11.5 Å². The first kappa shape index (κ1) is 13.4. The quantitative estimate of drug-likeness (QED) is 0.669. The van der Waals surface area contributed by atoms with E-state index in [1.165, 1.54) is 0 Å². The van der Waals surface area contributed by atoms with E-state index in [9.17, 15) is 0 Å². The van der Waals surface area contributed by atoms with Crippen molar-refractivity contribution in [2.75, 3.05) is 11.5 Å². The van der Waals surface area contributed by atoms with Crippen molar-refractivity contribution in [2.45, 2.75) is 19.1 Å². The number of benzene rings is 1. The Kier molecular flexibility index (Phi) is 4.66. The van der Waals surface area contributed by atoms with Gasteiger partial charge in [0, 0.05) is 15.7 Å². The van der Waals surface area contributed by atoms with Crippen LogP contribution in [0.4, 0.5) is 5.69 Å². The number of hydrogen-bond acceptors (Lipinski definition) is 5. The molecule has 0 aliphatic rings. The molecule has 2 rings (SSSR count). The van der Waals surface area contributed by atoms with Crippen molar-refractivity contribution >= 4 is 33.4 Å². The predicted molar refractivity (Wildman–Crippen MR) is 78.3 cm³/mol. The molecular weight excluding hydrogens is 314 g/mol. The molecule has 0 fully saturated rings. The number of nitrogen functional groups attached to an aromatic ring is 1. The zero-order valence-corrected chi connectivity index (χ0v) is 12.4. The summed E-state index contributed by atoms with van der Waals surface area (Å²) in [7, 11) is 0. The van der Waals surface area contributed by atoms with E-state index in [4.69, 9.17) is 10.3 Å². The van der Waals surface area contributed by atoms with Gasteiger partial charge in [0.15, 0.2) is 5.82 Å². The van der Waals surface area contributed by atoms with E-state index in [2.05, 4.69) is 33.0 Å². The van der Waals surface area contributed by atoms with Crippen LogP contribution in [0.2, 0.25) is 0 Å². The summed E-state index contributed by atoms with van der Waals surface area (Å²) in [5.74, 6) is 3.16. The molecule has 18 heavy (non-hydrogen) atoms. The molecular formula is C12H14BrN3OS. The van der Waals surface area contributed by atoms with E-state index in [1.807, 2.05) is 18.2 Å². The molecule has 2 aromatic rings. The lowest BCUT2D eigenvalue weighted by Crippen LogP contribution is -1.88. The first-order valence-electron chi connectivity index (χ1n) is 5.66. The maximum atomic E-state index is 5.74. The average Bonchev–Trinajstić information content (AvgIpc) is 2.82. The zero-order chi connectivity index (χ0) is 13.0. The standard InChI is InChI=1S/C12H14BrN3OS/c1-2-5-18-7-11-15-12(17-16-11)8-3-4-10(14)9(13)6-8/h3-4,6H,2,5,7,14H2,1H3. The molecule has 4 nitrogen and oxygen atoms in total. The van der Waals surface area contributed by atoms with E-state index in [-0.39, 0.29) is 0 Å². The minimum absolute atomic E-state index is 0.530. The summed E-state index contributed by atoms with van der Waals surface area (Å²) >= 11 is 5.19. The van der Waals surface area contributed by atoms with Crippen LogP contribution in [0.3, 0.4) is 0 Å². The van der Waals surface area contributed by atoms with Gasteiger partial charge in [-0.25, -0.2) is 0 Å². The summed E-state index contributed by atoms with van der Waals surface area (Å²) < 4.78 is 6.07. The SMILES string of the molecule is CCCSCc1noc(-c2ccc(N)c(Br)c2)n1. The molecule has 0 aliphatic heterocycles. The highest BCUT2D eigenvalue weighted by atomic mass is 79.9. The van der Waals surface area contributed by atoms with Gasteiger partial charge >= 0.3 is 0 Å². The lowest BCUT2D eigenvalue weighted by Gasteiger charge is -1.99. The molecule has 0 saturated heterocycles. The molecule has 1 aromatic carbocycles. The number of nitrogens with zero attached hydrogens (tertiary/aromatic N) is 2. The number of thioether (sulfide) groups is 1. The maximum absolute atomic E-state index is 5.74. The van der Waals surface area contributed by atoms with Crippen LogP contribution in [0.5, 0.6) is 0 Å². The van der Waals surface area contributed by atoms with Gasteiger partial charge in [-0.3, -0.25) is 0 Å². The van der Waals surface area contributed by atoms with Gasteiger partial charge in [-0.1, -0.05) is 12.1 Å². The number of anilines is 1. The van der Waals surface area contributed by atoms with Crippen molar-refractivity contribution in [1.29, 1.82) is 0 Å². The van der Waals surface area contributed by atoms with Crippen LogP contribution in [0.1, 0.15) is 19.2 Å². The number of halogens is 1. The lowest BCUT2D eigenvalue weighted by atomic mass is 10.2. The van der Waals surface area contributed by atoms with Gasteiger partial charge in [0.1, 0.15) is 0 Å². The topological polar surface area (TPSA) is 64.9 Å². The Balaban J connectivity index is 2.11. The molecule has 2 N–H and O–H groups in total.